The van der Waals surface area contributed by atoms with E-state index in [9.17, 15) is 9.59 Å². The van der Waals surface area contributed by atoms with E-state index in [2.05, 4.69) is 17.4 Å². The summed E-state index contributed by atoms with van der Waals surface area (Å²) in [5.74, 6) is -0.140. The van der Waals surface area contributed by atoms with Crippen molar-refractivity contribution in [3.63, 3.8) is 0 Å². The molecule has 0 spiro atoms. The highest BCUT2D eigenvalue weighted by Gasteiger charge is 2.32. The molecule has 0 saturated carbocycles. The molecular formula is C19H21N3O2. The number of nitrogens with two attached hydrogens (primary N) is 1. The summed E-state index contributed by atoms with van der Waals surface area (Å²) in [6.07, 6.45) is 1.48. The molecule has 5 nitrogen and oxygen atoms in total. The molecule has 0 bridgehead atoms. The molecule has 1 aliphatic heterocycles. The summed E-state index contributed by atoms with van der Waals surface area (Å²) in [5, 5.41) is 2.90. The average molecular weight is 323 g/mol. The van der Waals surface area contributed by atoms with Gasteiger partial charge in [0.05, 0.1) is 0 Å². The molecule has 3 amide bonds. The maximum atomic E-state index is 12.3. The van der Waals surface area contributed by atoms with E-state index in [0.29, 0.717) is 19.5 Å². The van der Waals surface area contributed by atoms with Crippen LogP contribution in [-0.2, 0) is 11.3 Å². The van der Waals surface area contributed by atoms with Gasteiger partial charge in [0.2, 0.25) is 5.91 Å². The molecule has 1 unspecified atom stereocenters. The lowest BCUT2D eigenvalue weighted by molar-refractivity contribution is -0.124. The van der Waals surface area contributed by atoms with Gasteiger partial charge in [0.1, 0.15) is 6.04 Å². The molecule has 5 heteroatoms. The van der Waals surface area contributed by atoms with Crippen LogP contribution in [0.1, 0.15) is 18.4 Å². The number of amides is 3. The van der Waals surface area contributed by atoms with Gasteiger partial charge in [-0.05, 0) is 29.5 Å². The van der Waals surface area contributed by atoms with Crippen LogP contribution in [0.15, 0.2) is 54.6 Å². The van der Waals surface area contributed by atoms with Gasteiger partial charge < -0.3 is 16.0 Å². The third-order valence-corrected chi connectivity index (χ3v) is 4.37. The normalized spacial score (nSPS) is 16.8. The highest BCUT2D eigenvalue weighted by molar-refractivity contribution is 5.87. The summed E-state index contributed by atoms with van der Waals surface area (Å²) in [6.45, 7) is 0.996. The Morgan fingerprint density at radius 1 is 1.04 bits per heavy atom. The minimum atomic E-state index is -0.528. The van der Waals surface area contributed by atoms with E-state index in [1.165, 1.54) is 4.90 Å². The van der Waals surface area contributed by atoms with Crippen LogP contribution < -0.4 is 11.1 Å². The molecule has 3 N–H and O–H groups in total. The van der Waals surface area contributed by atoms with Gasteiger partial charge in [-0.1, -0.05) is 54.6 Å². The first kappa shape index (κ1) is 16.1. The van der Waals surface area contributed by atoms with E-state index in [1.54, 1.807) is 0 Å². The molecule has 3 rings (SSSR count). The summed E-state index contributed by atoms with van der Waals surface area (Å²) in [6, 6.07) is 17.3. The number of nitrogens with zero attached hydrogens (tertiary/aromatic N) is 1. The minimum Gasteiger partial charge on any atom is -0.351 e. The minimum absolute atomic E-state index is 0.140. The third-order valence-electron chi connectivity index (χ3n) is 4.37. The first-order valence-electron chi connectivity index (χ1n) is 8.13. The second kappa shape index (κ2) is 7.17. The molecule has 1 saturated heterocycles. The zero-order valence-electron chi connectivity index (χ0n) is 13.4. The van der Waals surface area contributed by atoms with Gasteiger partial charge >= 0.3 is 6.03 Å². The van der Waals surface area contributed by atoms with Crippen LogP contribution in [0, 0.1) is 0 Å². The number of benzene rings is 2. The molecule has 0 radical (unpaired) electrons. The van der Waals surface area contributed by atoms with Crippen molar-refractivity contribution < 1.29 is 9.59 Å². The molecule has 1 heterocycles. The number of carbonyl (C=O) groups is 2. The van der Waals surface area contributed by atoms with Gasteiger partial charge in [0.15, 0.2) is 0 Å². The summed E-state index contributed by atoms with van der Waals surface area (Å²) in [4.78, 5) is 25.0. The molecule has 124 valence electrons. The largest absolute Gasteiger partial charge is 0.351 e. The number of carbonyl (C=O) groups excluding carboxylic acids is 2. The second-order valence-corrected chi connectivity index (χ2v) is 5.97. The standard InChI is InChI=1S/C19H21N3O2/c20-19(24)22-12-4-7-17(22)18(23)21-13-14-8-10-16(11-9-14)15-5-2-1-3-6-15/h1-3,5-6,8-11,17H,4,7,12-13H2,(H2,20,24)(H,21,23). The Kier molecular flexibility index (Phi) is 4.79. The quantitative estimate of drug-likeness (QED) is 0.907. The Morgan fingerprint density at radius 2 is 1.71 bits per heavy atom. The number of urea groups is 1. The fourth-order valence-corrected chi connectivity index (χ4v) is 3.06. The molecule has 1 fully saturated rings. The summed E-state index contributed by atoms with van der Waals surface area (Å²) >= 11 is 0. The highest BCUT2D eigenvalue weighted by atomic mass is 16.2. The third kappa shape index (κ3) is 3.56. The zero-order valence-corrected chi connectivity index (χ0v) is 13.4. The van der Waals surface area contributed by atoms with Crippen molar-refractivity contribution in [2.24, 2.45) is 5.73 Å². The van der Waals surface area contributed by atoms with Gasteiger partial charge in [-0.15, -0.1) is 0 Å². The first-order chi connectivity index (χ1) is 11.6. The van der Waals surface area contributed by atoms with Crippen molar-refractivity contribution in [1.29, 1.82) is 0 Å². The predicted molar refractivity (Wildman–Crippen MR) is 93.0 cm³/mol. The number of hydrogen-bond donors (Lipinski definition) is 2. The molecule has 2 aromatic carbocycles. The Bertz CT molecular complexity index is 713. The van der Waals surface area contributed by atoms with Crippen LogP contribution in [0.25, 0.3) is 11.1 Å². The van der Waals surface area contributed by atoms with Gasteiger partial charge in [-0.25, -0.2) is 4.79 Å². The van der Waals surface area contributed by atoms with Crippen molar-refractivity contribution >= 4 is 11.9 Å². The first-order valence-corrected chi connectivity index (χ1v) is 8.13. The maximum absolute atomic E-state index is 12.3. The van der Waals surface area contributed by atoms with E-state index < -0.39 is 12.1 Å². The fourth-order valence-electron chi connectivity index (χ4n) is 3.06. The molecule has 24 heavy (non-hydrogen) atoms. The molecular weight excluding hydrogens is 302 g/mol. The molecule has 2 aromatic rings. The number of hydrogen-bond acceptors (Lipinski definition) is 2. The van der Waals surface area contributed by atoms with Gasteiger partial charge in [0.25, 0.3) is 0 Å². The Hall–Kier alpha value is -2.82. The lowest BCUT2D eigenvalue weighted by atomic mass is 10.0. The predicted octanol–water partition coefficient (Wildman–Crippen LogP) is 2.51. The van der Waals surface area contributed by atoms with Crippen LogP contribution in [0.5, 0.6) is 0 Å². The summed E-state index contributed by atoms with van der Waals surface area (Å²) < 4.78 is 0. The van der Waals surface area contributed by atoms with Crippen molar-refractivity contribution in [3.05, 3.63) is 60.2 Å². The number of likely N-dealkylation sites (tertiary alicyclic amines) is 1. The number of nitrogens with one attached hydrogen (secondary N) is 1. The smallest absolute Gasteiger partial charge is 0.315 e. The number of primary amides is 1. The van der Waals surface area contributed by atoms with Crippen LogP contribution >= 0.6 is 0 Å². The van der Waals surface area contributed by atoms with Gasteiger partial charge in [-0.3, -0.25) is 4.79 Å². The number of rotatable bonds is 4. The highest BCUT2D eigenvalue weighted by Crippen LogP contribution is 2.20. The Labute approximate surface area is 141 Å². The topological polar surface area (TPSA) is 75.4 Å². The zero-order chi connectivity index (χ0) is 16.9. The lowest BCUT2D eigenvalue weighted by Gasteiger charge is -2.21. The van der Waals surface area contributed by atoms with E-state index in [-0.39, 0.29) is 5.91 Å². The fraction of sp³-hybridized carbons (Fsp3) is 0.263. The SMILES string of the molecule is NC(=O)N1CCCC1C(=O)NCc1ccc(-c2ccccc2)cc1. The van der Waals surface area contributed by atoms with E-state index in [4.69, 9.17) is 5.73 Å². The van der Waals surface area contributed by atoms with Crippen LogP contribution in [-0.4, -0.2) is 29.4 Å². The van der Waals surface area contributed by atoms with Gasteiger partial charge in [0, 0.05) is 13.1 Å². The van der Waals surface area contributed by atoms with Crippen LogP contribution in [0.3, 0.4) is 0 Å². The van der Waals surface area contributed by atoms with Crippen molar-refractivity contribution in [1.82, 2.24) is 10.2 Å². The van der Waals surface area contributed by atoms with Crippen LogP contribution in [0.4, 0.5) is 4.79 Å². The molecule has 0 aromatic heterocycles. The lowest BCUT2D eigenvalue weighted by Crippen LogP contribution is -2.47. The second-order valence-electron chi connectivity index (χ2n) is 5.97. The summed E-state index contributed by atoms with van der Waals surface area (Å²) in [5.41, 5.74) is 8.64. The van der Waals surface area contributed by atoms with Crippen molar-refractivity contribution in [3.8, 4) is 11.1 Å². The van der Waals surface area contributed by atoms with Gasteiger partial charge in [-0.2, -0.15) is 0 Å². The summed E-state index contributed by atoms with van der Waals surface area (Å²) in [7, 11) is 0. The monoisotopic (exact) mass is 323 g/mol. The van der Waals surface area contributed by atoms with Crippen molar-refractivity contribution in [2.75, 3.05) is 6.54 Å². The molecule has 1 aliphatic rings. The Morgan fingerprint density at radius 3 is 2.38 bits per heavy atom. The Balaban J connectivity index is 1.59. The average Bonchev–Trinajstić information content (AvgIpc) is 3.11. The van der Waals surface area contributed by atoms with E-state index >= 15 is 0 Å². The molecule has 0 aliphatic carbocycles. The maximum Gasteiger partial charge on any atom is 0.315 e. The van der Waals surface area contributed by atoms with Crippen molar-refractivity contribution in [2.45, 2.75) is 25.4 Å². The van der Waals surface area contributed by atoms with E-state index in [1.807, 2.05) is 42.5 Å². The van der Waals surface area contributed by atoms with E-state index in [0.717, 1.165) is 23.1 Å². The van der Waals surface area contributed by atoms with Crippen LogP contribution in [0.2, 0.25) is 0 Å². The molecule has 1 atom stereocenters.